The second-order valence-corrected chi connectivity index (χ2v) is 7.37. The molecule has 1 N–H and O–H groups in total. The molecule has 0 spiro atoms. The molecule has 32 heavy (non-hydrogen) atoms. The number of carboxylic acids is 1. The highest BCUT2D eigenvalue weighted by Crippen LogP contribution is 2.40. The number of hydrogen-bond donors (Lipinski definition) is 1. The van der Waals surface area contributed by atoms with Crippen LogP contribution in [0.2, 0.25) is 0 Å². The van der Waals surface area contributed by atoms with E-state index >= 15 is 0 Å². The Balaban J connectivity index is 1.92. The average molecular weight is 468 g/mol. The van der Waals surface area contributed by atoms with Crippen molar-refractivity contribution in [1.82, 2.24) is 4.37 Å². The zero-order valence-electron chi connectivity index (χ0n) is 16.0. The first-order valence-electron chi connectivity index (χ1n) is 8.99. The van der Waals surface area contributed by atoms with Crippen molar-refractivity contribution in [3.05, 3.63) is 69.6 Å². The van der Waals surface area contributed by atoms with Gasteiger partial charge in [-0.2, -0.15) is 22.8 Å². The van der Waals surface area contributed by atoms with Gasteiger partial charge in [0.2, 0.25) is 0 Å². The Morgan fingerprint density at radius 1 is 1.16 bits per heavy atom. The molecule has 1 aromatic heterocycles. The SMILES string of the molecule is N#Cc1ccc(-c2nsc(C(F)(F)F)c2COc2c(F)cc(CCC(=O)O)cc2F)cc1. The molecule has 2 aromatic carbocycles. The Kier molecular flexibility index (Phi) is 6.74. The van der Waals surface area contributed by atoms with Gasteiger partial charge in [0.1, 0.15) is 11.5 Å². The summed E-state index contributed by atoms with van der Waals surface area (Å²) in [5, 5.41) is 17.5. The van der Waals surface area contributed by atoms with Crippen LogP contribution in [0.25, 0.3) is 11.3 Å². The van der Waals surface area contributed by atoms with Crippen molar-refractivity contribution in [2.75, 3.05) is 0 Å². The molecule has 3 rings (SSSR count). The van der Waals surface area contributed by atoms with E-state index in [9.17, 15) is 26.7 Å². The summed E-state index contributed by atoms with van der Waals surface area (Å²) in [5.41, 5.74) is 0.164. The Morgan fingerprint density at radius 3 is 2.31 bits per heavy atom. The number of aryl methyl sites for hydroxylation is 1. The van der Waals surface area contributed by atoms with E-state index in [2.05, 4.69) is 4.37 Å². The summed E-state index contributed by atoms with van der Waals surface area (Å²) in [6.07, 6.45) is -5.24. The zero-order valence-corrected chi connectivity index (χ0v) is 16.9. The molecule has 0 saturated carbocycles. The van der Waals surface area contributed by atoms with Gasteiger partial charge in [-0.05, 0) is 47.8 Å². The smallest absolute Gasteiger partial charge is 0.427 e. The van der Waals surface area contributed by atoms with Gasteiger partial charge in [-0.25, -0.2) is 8.78 Å². The Labute approximate surface area is 182 Å². The number of benzene rings is 2. The van der Waals surface area contributed by atoms with Crippen molar-refractivity contribution in [1.29, 1.82) is 5.26 Å². The van der Waals surface area contributed by atoms with E-state index in [1.165, 1.54) is 24.3 Å². The Morgan fingerprint density at radius 2 is 1.78 bits per heavy atom. The number of nitrogens with zero attached hydrogens (tertiary/aromatic N) is 2. The van der Waals surface area contributed by atoms with Crippen molar-refractivity contribution in [2.24, 2.45) is 0 Å². The molecule has 0 aliphatic heterocycles. The van der Waals surface area contributed by atoms with E-state index in [4.69, 9.17) is 15.1 Å². The second-order valence-electron chi connectivity index (χ2n) is 6.60. The molecule has 0 saturated heterocycles. The van der Waals surface area contributed by atoms with Gasteiger partial charge in [0.05, 0.1) is 17.3 Å². The normalized spacial score (nSPS) is 11.2. The van der Waals surface area contributed by atoms with Crippen molar-refractivity contribution in [3.8, 4) is 23.1 Å². The van der Waals surface area contributed by atoms with Crippen LogP contribution in [0.5, 0.6) is 5.75 Å². The first kappa shape index (κ1) is 23.1. The topological polar surface area (TPSA) is 83.2 Å². The number of carboxylic acid groups (broad SMARTS) is 1. The minimum absolute atomic E-state index is 0.0706. The van der Waals surface area contributed by atoms with Gasteiger partial charge in [-0.1, -0.05) is 12.1 Å². The molecule has 3 aromatic rings. The lowest BCUT2D eigenvalue weighted by atomic mass is 10.0. The van der Waals surface area contributed by atoms with Gasteiger partial charge in [-0.15, -0.1) is 0 Å². The number of carbonyl (C=O) groups is 1. The van der Waals surface area contributed by atoms with Gasteiger partial charge in [-0.3, -0.25) is 4.79 Å². The number of aliphatic carboxylic acids is 1. The number of aromatic nitrogens is 1. The van der Waals surface area contributed by atoms with E-state index in [1.54, 1.807) is 0 Å². The molecule has 166 valence electrons. The average Bonchev–Trinajstić information content (AvgIpc) is 3.16. The summed E-state index contributed by atoms with van der Waals surface area (Å²) in [4.78, 5) is 9.54. The highest BCUT2D eigenvalue weighted by atomic mass is 32.1. The van der Waals surface area contributed by atoms with E-state index in [0.717, 1.165) is 12.1 Å². The summed E-state index contributed by atoms with van der Waals surface area (Å²) in [5.74, 6) is -4.36. The predicted octanol–water partition coefficient (Wildman–Crippen LogP) is 5.57. The van der Waals surface area contributed by atoms with Crippen LogP contribution >= 0.6 is 11.5 Å². The van der Waals surface area contributed by atoms with Gasteiger partial charge in [0, 0.05) is 17.5 Å². The maximum Gasteiger partial charge on any atom is 0.427 e. The Hall–Kier alpha value is -3.52. The maximum atomic E-state index is 14.3. The number of ether oxygens (including phenoxy) is 1. The molecular weight excluding hydrogens is 455 g/mol. The van der Waals surface area contributed by atoms with Crippen LogP contribution < -0.4 is 4.74 Å². The van der Waals surface area contributed by atoms with E-state index in [1.807, 2.05) is 6.07 Å². The van der Waals surface area contributed by atoms with Crippen molar-refractivity contribution in [2.45, 2.75) is 25.6 Å². The number of rotatable bonds is 7. The lowest BCUT2D eigenvalue weighted by Crippen LogP contribution is -2.09. The third-order valence-corrected chi connectivity index (χ3v) is 5.31. The lowest BCUT2D eigenvalue weighted by Gasteiger charge is -2.13. The Bertz CT molecular complexity index is 1160. The predicted molar refractivity (Wildman–Crippen MR) is 104 cm³/mol. The summed E-state index contributed by atoms with van der Waals surface area (Å²) in [6.45, 7) is -0.816. The van der Waals surface area contributed by atoms with Crippen LogP contribution in [0.1, 0.15) is 28.0 Å². The van der Waals surface area contributed by atoms with Crippen molar-refractivity contribution in [3.63, 3.8) is 0 Å². The molecule has 0 radical (unpaired) electrons. The lowest BCUT2D eigenvalue weighted by molar-refractivity contribution is -0.137. The fourth-order valence-electron chi connectivity index (χ4n) is 2.89. The van der Waals surface area contributed by atoms with Crippen LogP contribution in [-0.4, -0.2) is 15.4 Å². The minimum atomic E-state index is -4.76. The maximum absolute atomic E-state index is 14.3. The monoisotopic (exact) mass is 468 g/mol. The highest BCUT2D eigenvalue weighted by Gasteiger charge is 2.38. The van der Waals surface area contributed by atoms with Gasteiger partial charge >= 0.3 is 12.1 Å². The van der Waals surface area contributed by atoms with Gasteiger partial charge in [0.15, 0.2) is 17.4 Å². The standard InChI is InChI=1S/C21H13F5N2O3S/c22-15-7-12(3-6-17(29)30)8-16(23)19(15)31-10-14-18(28-32-20(14)21(24,25)26)13-4-1-11(9-27)2-5-13/h1-2,4-5,7-8H,3,6,10H2,(H,29,30). The third kappa shape index (κ3) is 5.20. The van der Waals surface area contributed by atoms with Crippen LogP contribution in [0, 0.1) is 23.0 Å². The van der Waals surface area contributed by atoms with Crippen molar-refractivity contribution >= 4 is 17.5 Å². The minimum Gasteiger partial charge on any atom is -0.483 e. The second kappa shape index (κ2) is 9.32. The molecular formula is C21H13F5N2O3S. The summed E-state index contributed by atoms with van der Waals surface area (Å²) in [6, 6.07) is 9.27. The van der Waals surface area contributed by atoms with Crippen LogP contribution in [0.15, 0.2) is 36.4 Å². The van der Waals surface area contributed by atoms with Gasteiger partial charge < -0.3 is 9.84 Å². The molecule has 0 fully saturated rings. The van der Waals surface area contributed by atoms with E-state index < -0.39 is 46.6 Å². The quantitative estimate of drug-likeness (QED) is 0.458. The summed E-state index contributed by atoms with van der Waals surface area (Å²) in [7, 11) is 0. The fourth-order valence-corrected chi connectivity index (χ4v) is 3.65. The number of halogens is 5. The first-order chi connectivity index (χ1) is 15.1. The first-order valence-corrected chi connectivity index (χ1v) is 9.76. The van der Waals surface area contributed by atoms with E-state index in [-0.39, 0.29) is 41.2 Å². The molecule has 5 nitrogen and oxygen atoms in total. The molecule has 0 aliphatic carbocycles. The van der Waals surface area contributed by atoms with Crippen LogP contribution in [-0.2, 0) is 24.0 Å². The largest absolute Gasteiger partial charge is 0.483 e. The highest BCUT2D eigenvalue weighted by molar-refractivity contribution is 7.06. The molecule has 0 aliphatic rings. The number of alkyl halides is 3. The fraction of sp³-hybridized carbons (Fsp3) is 0.190. The molecule has 0 atom stereocenters. The summed E-state index contributed by atoms with van der Waals surface area (Å²) < 4.78 is 78.0. The van der Waals surface area contributed by atoms with Crippen molar-refractivity contribution < 1.29 is 36.6 Å². The van der Waals surface area contributed by atoms with Crippen LogP contribution in [0.4, 0.5) is 22.0 Å². The molecule has 0 bridgehead atoms. The number of nitriles is 1. The number of hydrogen-bond acceptors (Lipinski definition) is 5. The van der Waals surface area contributed by atoms with E-state index in [0.29, 0.717) is 5.56 Å². The molecule has 0 unspecified atom stereocenters. The van der Waals surface area contributed by atoms with Gasteiger partial charge in [0.25, 0.3) is 0 Å². The van der Waals surface area contributed by atoms with Crippen LogP contribution in [0.3, 0.4) is 0 Å². The molecule has 11 heteroatoms. The third-order valence-electron chi connectivity index (χ3n) is 4.38. The molecule has 0 amide bonds. The summed E-state index contributed by atoms with van der Waals surface area (Å²) >= 11 is 0.180. The molecule has 1 heterocycles. The zero-order chi connectivity index (χ0) is 23.5.